The van der Waals surface area contributed by atoms with E-state index in [0.29, 0.717) is 38.7 Å². The van der Waals surface area contributed by atoms with Gasteiger partial charge in [-0.25, -0.2) is 0 Å². The van der Waals surface area contributed by atoms with Crippen molar-refractivity contribution in [2.75, 3.05) is 19.8 Å². The van der Waals surface area contributed by atoms with E-state index in [9.17, 15) is 24.3 Å². The van der Waals surface area contributed by atoms with E-state index >= 15 is 0 Å². The van der Waals surface area contributed by atoms with Crippen LogP contribution >= 0.6 is 0 Å². The second-order valence-electron chi connectivity index (χ2n) is 15.9. The molecule has 1 aliphatic heterocycles. The molecule has 2 aromatic carbocycles. The first-order valence-electron chi connectivity index (χ1n) is 18.2. The van der Waals surface area contributed by atoms with Crippen molar-refractivity contribution in [1.29, 1.82) is 0 Å². The van der Waals surface area contributed by atoms with Crippen molar-refractivity contribution in [2.24, 2.45) is 34.0 Å². The summed E-state index contributed by atoms with van der Waals surface area (Å²) in [6.07, 6.45) is 1.77. The number of hydrogen-bond acceptors (Lipinski definition) is 10. The maximum atomic E-state index is 13.1. The van der Waals surface area contributed by atoms with Crippen LogP contribution in [0.1, 0.15) is 79.7 Å². The van der Waals surface area contributed by atoms with Crippen molar-refractivity contribution in [3.8, 4) is 0 Å². The third kappa shape index (κ3) is 6.16. The Labute approximate surface area is 300 Å². The summed E-state index contributed by atoms with van der Waals surface area (Å²) in [7, 11) is 0. The molecule has 4 aliphatic rings. The van der Waals surface area contributed by atoms with Gasteiger partial charge in [-0.05, 0) is 78.3 Å². The lowest BCUT2D eigenvalue weighted by atomic mass is 9.36. The lowest BCUT2D eigenvalue weighted by molar-refractivity contribution is -0.287. The SMILES string of the molecule is CC(=O)OCC[C@]12COC[C@H]1[C@]1(C)CC[C@@H]3[C@@](C)(C1[C@H](OC(C)=O)[C@@H]2OC(C)=O)[C@H](OC(C)=O)C=C(C)[C@]3(O)CCc1cccc2ccccc12. The normalized spacial score (nSPS) is 36.9. The molecular weight excluding hydrogens is 652 g/mol. The first-order valence-corrected chi connectivity index (χ1v) is 18.2. The quantitative estimate of drug-likeness (QED) is 0.191. The fourth-order valence-corrected chi connectivity index (χ4v) is 11.2. The van der Waals surface area contributed by atoms with E-state index in [4.69, 9.17) is 23.7 Å². The van der Waals surface area contributed by atoms with Gasteiger partial charge in [-0.3, -0.25) is 19.2 Å². The van der Waals surface area contributed by atoms with Crippen molar-refractivity contribution in [3.63, 3.8) is 0 Å². The van der Waals surface area contributed by atoms with Gasteiger partial charge in [0.05, 0.1) is 25.4 Å². The molecule has 0 aromatic heterocycles. The van der Waals surface area contributed by atoms with Crippen molar-refractivity contribution in [3.05, 3.63) is 59.7 Å². The highest BCUT2D eigenvalue weighted by Gasteiger charge is 2.76. The minimum atomic E-state index is -1.29. The topological polar surface area (TPSA) is 135 Å². The molecular formula is C41H52O10. The smallest absolute Gasteiger partial charge is 0.303 e. The Kier molecular flexibility index (Phi) is 9.91. The van der Waals surface area contributed by atoms with E-state index in [1.807, 2.05) is 38.1 Å². The monoisotopic (exact) mass is 704 g/mol. The van der Waals surface area contributed by atoms with Crippen LogP contribution < -0.4 is 0 Å². The third-order valence-corrected chi connectivity index (χ3v) is 13.1. The summed E-state index contributed by atoms with van der Waals surface area (Å²) < 4.78 is 30.4. The number of ether oxygens (including phenoxy) is 5. The minimum Gasteiger partial charge on any atom is -0.466 e. The molecule has 1 N–H and O–H groups in total. The van der Waals surface area contributed by atoms with Crippen molar-refractivity contribution >= 4 is 34.6 Å². The Morgan fingerprint density at radius 1 is 0.863 bits per heavy atom. The first kappa shape index (κ1) is 37.0. The minimum absolute atomic E-state index is 0.0757. The molecule has 1 heterocycles. The lowest BCUT2D eigenvalue weighted by Crippen LogP contribution is -2.74. The molecule has 0 spiro atoms. The predicted octanol–water partition coefficient (Wildman–Crippen LogP) is 5.90. The van der Waals surface area contributed by atoms with Crippen molar-refractivity contribution in [1.82, 2.24) is 0 Å². The van der Waals surface area contributed by atoms with E-state index < -0.39 is 75.9 Å². The molecule has 2 saturated carbocycles. The molecule has 0 amide bonds. The van der Waals surface area contributed by atoms with Crippen LogP contribution in [-0.2, 0) is 49.3 Å². The molecule has 10 nitrogen and oxygen atoms in total. The van der Waals surface area contributed by atoms with Gasteiger partial charge >= 0.3 is 23.9 Å². The third-order valence-electron chi connectivity index (χ3n) is 13.1. The standard InChI is InChI=1S/C41H52O10/c1-24-21-34(49-26(3)43)39(7)32(41(24,46)18-15-30-13-10-12-29-11-8-9-14-31(29)30)16-17-38(6)33-22-47-23-40(33,19-20-48-25(2)42)37(51-28(5)45)35(36(38)39)50-27(4)44/h8-14,21,32-37,46H,15-20,22-23H2,1-7H3/t32-,33+,34-,35+,36?,37+,38+,39-,40+,41-/m1/s1. The number of hydrogen-bond donors (Lipinski definition) is 1. The number of rotatable bonds is 9. The van der Waals surface area contributed by atoms with Crippen LogP contribution in [0.25, 0.3) is 10.8 Å². The number of fused-ring (bicyclic) bond motifs is 6. The maximum Gasteiger partial charge on any atom is 0.303 e. The number of carbonyl (C=O) groups is 4. The largest absolute Gasteiger partial charge is 0.466 e. The zero-order valence-electron chi connectivity index (χ0n) is 30.9. The van der Waals surface area contributed by atoms with Gasteiger partial charge in [-0.15, -0.1) is 0 Å². The first-order chi connectivity index (χ1) is 24.1. The van der Waals surface area contributed by atoms with Gasteiger partial charge in [0.15, 0.2) is 0 Å². The second kappa shape index (κ2) is 13.7. The summed E-state index contributed by atoms with van der Waals surface area (Å²) in [4.78, 5) is 50.7. The van der Waals surface area contributed by atoms with Gasteiger partial charge in [0, 0.05) is 50.4 Å². The Morgan fingerprint density at radius 2 is 1.55 bits per heavy atom. The second-order valence-corrected chi connectivity index (χ2v) is 15.9. The van der Waals surface area contributed by atoms with Crippen LogP contribution in [0.2, 0.25) is 0 Å². The Morgan fingerprint density at radius 3 is 2.24 bits per heavy atom. The zero-order valence-corrected chi connectivity index (χ0v) is 30.9. The molecule has 3 aliphatic carbocycles. The van der Waals surface area contributed by atoms with E-state index in [0.717, 1.165) is 21.9 Å². The number of aliphatic hydroxyl groups is 1. The summed E-state index contributed by atoms with van der Waals surface area (Å²) in [6, 6.07) is 14.4. The van der Waals surface area contributed by atoms with Crippen LogP contribution in [0.4, 0.5) is 0 Å². The van der Waals surface area contributed by atoms with Gasteiger partial charge in [-0.2, -0.15) is 0 Å². The molecule has 10 heteroatoms. The van der Waals surface area contributed by atoms with Crippen LogP contribution in [0.5, 0.6) is 0 Å². The van der Waals surface area contributed by atoms with Gasteiger partial charge in [0.1, 0.15) is 18.3 Å². The summed E-state index contributed by atoms with van der Waals surface area (Å²) in [5, 5.41) is 15.3. The highest BCUT2D eigenvalue weighted by Crippen LogP contribution is 2.72. The van der Waals surface area contributed by atoms with Gasteiger partial charge in [0.2, 0.25) is 0 Å². The maximum absolute atomic E-state index is 13.1. The molecule has 276 valence electrons. The summed E-state index contributed by atoms with van der Waals surface area (Å²) in [5.74, 6) is -3.13. The van der Waals surface area contributed by atoms with Crippen molar-refractivity contribution < 1.29 is 48.0 Å². The van der Waals surface area contributed by atoms with E-state index in [2.05, 4.69) is 31.2 Å². The molecule has 0 radical (unpaired) electrons. The molecule has 2 aromatic rings. The molecule has 10 atom stereocenters. The van der Waals surface area contributed by atoms with Crippen LogP contribution in [0.3, 0.4) is 0 Å². The molecule has 0 bridgehead atoms. The summed E-state index contributed by atoms with van der Waals surface area (Å²) in [5.41, 5.74) is -1.84. The molecule has 3 fully saturated rings. The number of benzene rings is 2. The van der Waals surface area contributed by atoms with E-state index in [1.165, 1.54) is 27.7 Å². The summed E-state index contributed by atoms with van der Waals surface area (Å²) >= 11 is 0. The number of esters is 4. The molecule has 51 heavy (non-hydrogen) atoms. The lowest BCUT2D eigenvalue weighted by Gasteiger charge is -2.70. The Balaban J connectivity index is 1.50. The summed E-state index contributed by atoms with van der Waals surface area (Å²) in [6.45, 7) is 12.2. The van der Waals surface area contributed by atoms with Gasteiger partial charge < -0.3 is 28.8 Å². The highest BCUT2D eigenvalue weighted by molar-refractivity contribution is 5.85. The Bertz CT molecular complexity index is 1730. The Hall–Kier alpha value is -3.76. The van der Waals surface area contributed by atoms with Crippen molar-refractivity contribution in [2.45, 2.75) is 104 Å². The fourth-order valence-electron chi connectivity index (χ4n) is 11.2. The van der Waals surface area contributed by atoms with Crippen LogP contribution in [0, 0.1) is 34.0 Å². The average Bonchev–Trinajstić information content (AvgIpc) is 3.50. The fraction of sp³-hybridized carbons (Fsp3) is 0.610. The van der Waals surface area contributed by atoms with Crippen LogP contribution in [0.15, 0.2) is 54.1 Å². The average molecular weight is 705 g/mol. The zero-order chi connectivity index (χ0) is 36.9. The highest BCUT2D eigenvalue weighted by atomic mass is 16.6. The molecule has 1 unspecified atom stereocenters. The predicted molar refractivity (Wildman–Crippen MR) is 188 cm³/mol. The van der Waals surface area contributed by atoms with Crippen LogP contribution in [-0.4, -0.2) is 72.7 Å². The number of carbonyl (C=O) groups excluding carboxylic acids is 4. The van der Waals surface area contributed by atoms with E-state index in [-0.39, 0.29) is 19.1 Å². The molecule has 6 rings (SSSR count). The van der Waals surface area contributed by atoms with Gasteiger partial charge in [0.25, 0.3) is 0 Å². The molecule has 1 saturated heterocycles. The van der Waals surface area contributed by atoms with Gasteiger partial charge in [-0.1, -0.05) is 56.3 Å². The number of aryl methyl sites for hydroxylation is 1. The van der Waals surface area contributed by atoms with E-state index in [1.54, 1.807) is 0 Å².